The average molecular weight is 306 g/mol. The van der Waals surface area contributed by atoms with Gasteiger partial charge in [-0.05, 0) is 25.2 Å². The van der Waals surface area contributed by atoms with E-state index in [0.717, 1.165) is 30.9 Å². The first-order valence-corrected chi connectivity index (χ1v) is 8.65. The summed E-state index contributed by atoms with van der Waals surface area (Å²) in [6, 6.07) is 0.479. The van der Waals surface area contributed by atoms with Crippen molar-refractivity contribution in [2.75, 3.05) is 17.7 Å². The molecule has 1 aromatic heterocycles. The van der Waals surface area contributed by atoms with Crippen LogP contribution >= 0.6 is 0 Å². The smallest absolute Gasteiger partial charge is 0.242 e. The van der Waals surface area contributed by atoms with Crippen LogP contribution in [0.2, 0.25) is 0 Å². The number of nitrogens with zero attached hydrogens (tertiary/aromatic N) is 2. The summed E-state index contributed by atoms with van der Waals surface area (Å²) >= 11 is 0. The van der Waals surface area contributed by atoms with Crippen LogP contribution in [0.3, 0.4) is 0 Å². The van der Waals surface area contributed by atoms with Gasteiger partial charge in [0.1, 0.15) is 11.5 Å². The highest BCUT2D eigenvalue weighted by Crippen LogP contribution is 2.30. The summed E-state index contributed by atoms with van der Waals surface area (Å²) in [5.41, 5.74) is 6.78. The molecule has 0 spiro atoms. The summed E-state index contributed by atoms with van der Waals surface area (Å²) in [6.07, 6.45) is 7.88. The van der Waals surface area contributed by atoms with Crippen LogP contribution in [-0.2, 0) is 6.42 Å². The van der Waals surface area contributed by atoms with E-state index < -0.39 is 0 Å². The van der Waals surface area contributed by atoms with Crippen LogP contribution in [0.15, 0.2) is 0 Å². The molecule has 5 nitrogen and oxygen atoms in total. The normalized spacial score (nSPS) is 15.5. The zero-order chi connectivity index (χ0) is 15.9. The van der Waals surface area contributed by atoms with Crippen molar-refractivity contribution in [1.29, 1.82) is 0 Å². The Morgan fingerprint density at radius 3 is 2.64 bits per heavy atom. The minimum atomic E-state index is 0.479. The van der Waals surface area contributed by atoms with Gasteiger partial charge in [-0.3, -0.25) is 0 Å². The standard InChI is InChI=1S/C17H30N4O/c1-4-5-10-22-17-15(18)16(19-13-8-6-7-9-13)20-14(21-17)11-12(2)3/h12-13H,4-11,18H2,1-3H3,(H,19,20,21). The molecule has 5 heteroatoms. The summed E-state index contributed by atoms with van der Waals surface area (Å²) in [4.78, 5) is 9.16. The maximum atomic E-state index is 6.23. The molecule has 0 aliphatic heterocycles. The van der Waals surface area contributed by atoms with Gasteiger partial charge in [0.15, 0.2) is 5.82 Å². The molecule has 1 fully saturated rings. The van der Waals surface area contributed by atoms with E-state index in [1.807, 2.05) is 0 Å². The predicted octanol–water partition coefficient (Wildman–Crippen LogP) is 3.79. The Morgan fingerprint density at radius 2 is 2.00 bits per heavy atom. The Kier molecular flexibility index (Phi) is 6.28. The van der Waals surface area contributed by atoms with Crippen LogP contribution in [0.4, 0.5) is 11.5 Å². The van der Waals surface area contributed by atoms with E-state index in [1.54, 1.807) is 0 Å². The zero-order valence-electron chi connectivity index (χ0n) is 14.2. The number of aromatic nitrogens is 2. The SMILES string of the molecule is CCCCOc1nc(CC(C)C)nc(NC2CCCC2)c1N. The van der Waals surface area contributed by atoms with Gasteiger partial charge in [-0.15, -0.1) is 0 Å². The van der Waals surface area contributed by atoms with E-state index in [1.165, 1.54) is 25.7 Å². The van der Waals surface area contributed by atoms with Crippen molar-refractivity contribution in [3.8, 4) is 5.88 Å². The van der Waals surface area contributed by atoms with Crippen LogP contribution < -0.4 is 15.8 Å². The summed E-state index contributed by atoms with van der Waals surface area (Å²) in [5.74, 6) is 2.62. The first kappa shape index (κ1) is 16.8. The summed E-state index contributed by atoms with van der Waals surface area (Å²) in [7, 11) is 0. The number of ether oxygens (including phenoxy) is 1. The molecule has 1 aliphatic carbocycles. The quantitative estimate of drug-likeness (QED) is 0.715. The van der Waals surface area contributed by atoms with Gasteiger partial charge in [0.2, 0.25) is 5.88 Å². The molecule has 0 atom stereocenters. The van der Waals surface area contributed by atoms with Gasteiger partial charge >= 0.3 is 0 Å². The van der Waals surface area contributed by atoms with E-state index in [0.29, 0.717) is 30.1 Å². The van der Waals surface area contributed by atoms with Gasteiger partial charge in [-0.25, -0.2) is 4.98 Å². The molecule has 0 amide bonds. The number of nitrogen functional groups attached to an aromatic ring is 1. The minimum absolute atomic E-state index is 0.479. The van der Waals surface area contributed by atoms with Crippen LogP contribution in [0.1, 0.15) is 65.1 Å². The number of rotatable bonds is 8. The van der Waals surface area contributed by atoms with E-state index in [9.17, 15) is 0 Å². The Balaban J connectivity index is 2.18. The molecule has 0 aromatic carbocycles. The summed E-state index contributed by atoms with van der Waals surface area (Å²) < 4.78 is 5.79. The molecular formula is C17H30N4O. The van der Waals surface area contributed by atoms with Crippen molar-refractivity contribution in [3.05, 3.63) is 5.82 Å². The van der Waals surface area contributed by atoms with Crippen molar-refractivity contribution in [3.63, 3.8) is 0 Å². The number of nitrogens with one attached hydrogen (secondary N) is 1. The van der Waals surface area contributed by atoms with E-state index >= 15 is 0 Å². The molecule has 22 heavy (non-hydrogen) atoms. The van der Waals surface area contributed by atoms with Gasteiger partial charge in [-0.1, -0.05) is 40.0 Å². The van der Waals surface area contributed by atoms with Crippen molar-refractivity contribution in [1.82, 2.24) is 9.97 Å². The number of hydrogen-bond donors (Lipinski definition) is 2. The predicted molar refractivity (Wildman–Crippen MR) is 91.3 cm³/mol. The van der Waals surface area contributed by atoms with Gasteiger partial charge in [0.25, 0.3) is 0 Å². The minimum Gasteiger partial charge on any atom is -0.476 e. The molecule has 0 bridgehead atoms. The molecule has 0 radical (unpaired) electrons. The molecule has 0 saturated heterocycles. The third-order valence-corrected chi connectivity index (χ3v) is 3.98. The molecule has 3 N–H and O–H groups in total. The fraction of sp³-hybridized carbons (Fsp3) is 0.765. The Morgan fingerprint density at radius 1 is 1.27 bits per heavy atom. The van der Waals surface area contributed by atoms with Crippen LogP contribution in [0.5, 0.6) is 5.88 Å². The third-order valence-electron chi connectivity index (χ3n) is 3.98. The van der Waals surface area contributed by atoms with Crippen LogP contribution in [-0.4, -0.2) is 22.6 Å². The fourth-order valence-electron chi connectivity index (χ4n) is 2.75. The highest BCUT2D eigenvalue weighted by Gasteiger charge is 2.19. The van der Waals surface area contributed by atoms with Gasteiger partial charge in [-0.2, -0.15) is 4.98 Å². The average Bonchev–Trinajstić information content (AvgIpc) is 2.96. The second-order valence-corrected chi connectivity index (χ2v) is 6.63. The molecule has 1 aromatic rings. The van der Waals surface area contributed by atoms with Gasteiger partial charge in [0, 0.05) is 12.5 Å². The Labute approximate surface area is 134 Å². The van der Waals surface area contributed by atoms with Crippen molar-refractivity contribution < 1.29 is 4.74 Å². The summed E-state index contributed by atoms with van der Waals surface area (Å²) in [5, 5.41) is 3.50. The molecule has 1 aliphatic rings. The van der Waals surface area contributed by atoms with Gasteiger partial charge in [0.05, 0.1) is 6.61 Å². The van der Waals surface area contributed by atoms with Crippen LogP contribution in [0, 0.1) is 5.92 Å². The monoisotopic (exact) mass is 306 g/mol. The molecule has 1 heterocycles. The molecule has 124 valence electrons. The first-order chi connectivity index (χ1) is 10.6. The second kappa shape index (κ2) is 8.20. The lowest BCUT2D eigenvalue weighted by molar-refractivity contribution is 0.298. The second-order valence-electron chi connectivity index (χ2n) is 6.63. The zero-order valence-corrected chi connectivity index (χ0v) is 14.2. The van der Waals surface area contributed by atoms with Crippen molar-refractivity contribution in [2.45, 2.75) is 71.8 Å². The third kappa shape index (κ3) is 4.75. The topological polar surface area (TPSA) is 73.1 Å². The lowest BCUT2D eigenvalue weighted by Gasteiger charge is -2.18. The lowest BCUT2D eigenvalue weighted by Crippen LogP contribution is -2.19. The fourth-order valence-corrected chi connectivity index (χ4v) is 2.75. The number of nitrogens with two attached hydrogens (primary N) is 1. The number of anilines is 2. The molecule has 1 saturated carbocycles. The maximum Gasteiger partial charge on any atom is 0.242 e. The molecule has 0 unspecified atom stereocenters. The van der Waals surface area contributed by atoms with Crippen LogP contribution in [0.25, 0.3) is 0 Å². The van der Waals surface area contributed by atoms with Gasteiger partial charge < -0.3 is 15.8 Å². The first-order valence-electron chi connectivity index (χ1n) is 8.65. The van der Waals surface area contributed by atoms with Crippen molar-refractivity contribution in [2.24, 2.45) is 5.92 Å². The van der Waals surface area contributed by atoms with Crippen molar-refractivity contribution >= 4 is 11.5 Å². The highest BCUT2D eigenvalue weighted by molar-refractivity contribution is 5.67. The molecular weight excluding hydrogens is 276 g/mol. The lowest BCUT2D eigenvalue weighted by atomic mass is 10.1. The van der Waals surface area contributed by atoms with E-state index in [4.69, 9.17) is 10.5 Å². The maximum absolute atomic E-state index is 6.23. The van der Waals surface area contributed by atoms with E-state index in [2.05, 4.69) is 36.1 Å². The Hall–Kier alpha value is -1.52. The highest BCUT2D eigenvalue weighted by atomic mass is 16.5. The number of unbranched alkanes of at least 4 members (excludes halogenated alkanes) is 1. The largest absolute Gasteiger partial charge is 0.476 e. The Bertz CT molecular complexity index is 470. The molecule has 2 rings (SSSR count). The van der Waals surface area contributed by atoms with E-state index in [-0.39, 0.29) is 0 Å². The summed E-state index contributed by atoms with van der Waals surface area (Å²) in [6.45, 7) is 7.13. The number of hydrogen-bond acceptors (Lipinski definition) is 5.